The van der Waals surface area contributed by atoms with E-state index in [9.17, 15) is 22.8 Å². The third-order valence-corrected chi connectivity index (χ3v) is 2.59. The van der Waals surface area contributed by atoms with Crippen molar-refractivity contribution >= 4 is 17.8 Å². The average Bonchev–Trinajstić information content (AvgIpc) is 2.53. The Labute approximate surface area is 136 Å². The third kappa shape index (κ3) is 9.41. The maximum absolute atomic E-state index is 11.5. The van der Waals surface area contributed by atoms with Crippen LogP contribution in [0.1, 0.15) is 11.1 Å². The van der Waals surface area contributed by atoms with E-state index in [1.807, 2.05) is 24.3 Å². The van der Waals surface area contributed by atoms with Crippen LogP contribution in [0.3, 0.4) is 0 Å². The first-order valence-electron chi connectivity index (χ1n) is 6.65. The zero-order chi connectivity index (χ0) is 18.8. The van der Waals surface area contributed by atoms with Crippen LogP contribution in [0.25, 0.3) is 0 Å². The monoisotopic (exact) mass is 349 g/mol. The number of alkyl halides is 3. The first-order chi connectivity index (χ1) is 11.1. The van der Waals surface area contributed by atoms with Gasteiger partial charge >= 0.3 is 12.1 Å². The lowest BCUT2D eigenvalue weighted by Crippen LogP contribution is -2.35. The zero-order valence-corrected chi connectivity index (χ0v) is 12.8. The highest BCUT2D eigenvalue weighted by Gasteiger charge is 2.38. The molecule has 0 aliphatic rings. The van der Waals surface area contributed by atoms with E-state index in [1.54, 1.807) is 0 Å². The number of carbonyl (C=O) groups excluding carboxylic acids is 2. The number of carboxylic acids is 1. The first-order valence-corrected chi connectivity index (χ1v) is 6.65. The van der Waals surface area contributed by atoms with Crippen molar-refractivity contribution < 1.29 is 32.7 Å². The molecule has 134 valence electrons. The van der Waals surface area contributed by atoms with Gasteiger partial charge in [0.1, 0.15) is 0 Å². The van der Waals surface area contributed by atoms with Crippen molar-refractivity contribution in [3.05, 3.63) is 35.4 Å². The van der Waals surface area contributed by atoms with Gasteiger partial charge < -0.3 is 21.5 Å². The van der Waals surface area contributed by atoms with E-state index in [0.717, 1.165) is 11.1 Å². The second kappa shape index (κ2) is 10.2. The van der Waals surface area contributed by atoms with E-state index in [2.05, 4.69) is 10.6 Å². The highest BCUT2D eigenvalue weighted by atomic mass is 19.4. The number of benzene rings is 1. The van der Waals surface area contributed by atoms with Crippen molar-refractivity contribution in [1.29, 1.82) is 0 Å². The Morgan fingerprint density at radius 1 is 1.08 bits per heavy atom. The Bertz CT molecular complexity index is 559. The Balaban J connectivity index is 0.000000640. The molecule has 0 unspecified atom stereocenters. The van der Waals surface area contributed by atoms with Gasteiger partial charge in [0, 0.05) is 13.6 Å². The highest BCUT2D eigenvalue weighted by molar-refractivity contribution is 5.85. The summed E-state index contributed by atoms with van der Waals surface area (Å²) in [6, 6.07) is 7.51. The summed E-state index contributed by atoms with van der Waals surface area (Å²) in [4.78, 5) is 31.3. The Kier molecular flexibility index (Phi) is 9.10. The summed E-state index contributed by atoms with van der Waals surface area (Å²) in [6.07, 6.45) is -4.82. The van der Waals surface area contributed by atoms with E-state index in [-0.39, 0.29) is 24.8 Å². The summed E-state index contributed by atoms with van der Waals surface area (Å²) in [5.74, 6) is -3.14. The molecular formula is C14H18F3N3O4. The lowest BCUT2D eigenvalue weighted by atomic mass is 10.1. The number of likely N-dealkylation sites (N-methyl/N-ethyl adjacent to an activating group) is 1. The first kappa shape index (κ1) is 21.4. The Morgan fingerprint density at radius 2 is 1.54 bits per heavy atom. The number of carbonyl (C=O) groups is 3. The summed E-state index contributed by atoms with van der Waals surface area (Å²) in [5, 5.41) is 12.1. The normalized spacial score (nSPS) is 10.2. The molecule has 24 heavy (non-hydrogen) atoms. The molecule has 0 radical (unpaired) electrons. The molecule has 5 N–H and O–H groups in total. The molecule has 0 saturated carbocycles. The SMILES string of the molecule is CNC(=O)CNC(=O)Cc1ccc(CN)cc1.O=C(O)C(F)(F)F. The van der Waals surface area contributed by atoms with Crippen LogP contribution >= 0.6 is 0 Å². The maximum atomic E-state index is 11.5. The predicted octanol–water partition coefficient (Wildman–Crippen LogP) is 0.183. The molecule has 0 aliphatic carbocycles. The number of nitrogens with two attached hydrogens (primary N) is 1. The number of carboxylic acid groups (broad SMARTS) is 1. The van der Waals surface area contributed by atoms with Crippen LogP contribution in [0.4, 0.5) is 13.2 Å². The van der Waals surface area contributed by atoms with Gasteiger partial charge in [-0.1, -0.05) is 24.3 Å². The van der Waals surface area contributed by atoms with E-state index in [0.29, 0.717) is 6.54 Å². The molecule has 0 saturated heterocycles. The topological polar surface area (TPSA) is 122 Å². The third-order valence-electron chi connectivity index (χ3n) is 2.59. The molecule has 0 aromatic heterocycles. The van der Waals surface area contributed by atoms with E-state index < -0.39 is 12.1 Å². The molecule has 0 spiro atoms. The van der Waals surface area contributed by atoms with Gasteiger partial charge in [-0.2, -0.15) is 13.2 Å². The zero-order valence-electron chi connectivity index (χ0n) is 12.8. The molecule has 0 fully saturated rings. The van der Waals surface area contributed by atoms with Crippen molar-refractivity contribution in [3.63, 3.8) is 0 Å². The van der Waals surface area contributed by atoms with Gasteiger partial charge in [-0.05, 0) is 11.1 Å². The molecule has 0 aliphatic heterocycles. The lowest BCUT2D eigenvalue weighted by Gasteiger charge is -2.05. The minimum Gasteiger partial charge on any atom is -0.475 e. The Hall–Kier alpha value is -2.62. The van der Waals surface area contributed by atoms with Gasteiger partial charge in [0.15, 0.2) is 0 Å². The van der Waals surface area contributed by atoms with Gasteiger partial charge in [-0.3, -0.25) is 9.59 Å². The molecule has 0 atom stereocenters. The molecular weight excluding hydrogens is 331 g/mol. The summed E-state index contributed by atoms with van der Waals surface area (Å²) < 4.78 is 31.7. The summed E-state index contributed by atoms with van der Waals surface area (Å²) in [5.41, 5.74) is 7.40. The molecule has 0 bridgehead atoms. The lowest BCUT2D eigenvalue weighted by molar-refractivity contribution is -0.192. The number of nitrogens with one attached hydrogen (secondary N) is 2. The van der Waals surface area contributed by atoms with Crippen molar-refractivity contribution in [3.8, 4) is 0 Å². The fourth-order valence-electron chi connectivity index (χ4n) is 1.31. The van der Waals surface area contributed by atoms with Gasteiger partial charge in [-0.15, -0.1) is 0 Å². The summed E-state index contributed by atoms with van der Waals surface area (Å²) in [6.45, 7) is 0.499. The fourth-order valence-corrected chi connectivity index (χ4v) is 1.31. The molecule has 1 aromatic carbocycles. The van der Waals surface area contributed by atoms with Crippen LogP contribution in [0.15, 0.2) is 24.3 Å². The average molecular weight is 349 g/mol. The minimum atomic E-state index is -5.08. The van der Waals surface area contributed by atoms with Crippen LogP contribution in [-0.2, 0) is 27.3 Å². The molecule has 1 rings (SSSR count). The number of hydrogen-bond donors (Lipinski definition) is 4. The quantitative estimate of drug-likeness (QED) is 0.604. The van der Waals surface area contributed by atoms with Gasteiger partial charge in [0.05, 0.1) is 13.0 Å². The molecule has 2 amide bonds. The molecule has 10 heteroatoms. The largest absolute Gasteiger partial charge is 0.490 e. The number of aliphatic carboxylic acids is 1. The second-order valence-corrected chi connectivity index (χ2v) is 4.45. The van der Waals surface area contributed by atoms with E-state index in [1.165, 1.54) is 7.05 Å². The molecule has 1 aromatic rings. The van der Waals surface area contributed by atoms with Crippen LogP contribution in [0.2, 0.25) is 0 Å². The van der Waals surface area contributed by atoms with Gasteiger partial charge in [-0.25, -0.2) is 4.79 Å². The fraction of sp³-hybridized carbons (Fsp3) is 0.357. The smallest absolute Gasteiger partial charge is 0.475 e. The van der Waals surface area contributed by atoms with E-state index in [4.69, 9.17) is 15.6 Å². The van der Waals surface area contributed by atoms with Crippen molar-refractivity contribution in [2.75, 3.05) is 13.6 Å². The van der Waals surface area contributed by atoms with Crippen molar-refractivity contribution in [2.24, 2.45) is 5.73 Å². The molecule has 0 heterocycles. The highest BCUT2D eigenvalue weighted by Crippen LogP contribution is 2.13. The van der Waals surface area contributed by atoms with Crippen molar-refractivity contribution in [1.82, 2.24) is 10.6 Å². The number of amides is 2. The van der Waals surface area contributed by atoms with Crippen LogP contribution < -0.4 is 16.4 Å². The number of halogens is 3. The van der Waals surface area contributed by atoms with Crippen LogP contribution in [0, 0.1) is 0 Å². The van der Waals surface area contributed by atoms with Crippen LogP contribution in [0.5, 0.6) is 0 Å². The van der Waals surface area contributed by atoms with E-state index >= 15 is 0 Å². The predicted molar refractivity (Wildman–Crippen MR) is 78.8 cm³/mol. The summed E-state index contributed by atoms with van der Waals surface area (Å²) >= 11 is 0. The number of rotatable bonds is 5. The second-order valence-electron chi connectivity index (χ2n) is 4.45. The standard InChI is InChI=1S/C12H17N3O2.C2HF3O2/c1-14-12(17)8-15-11(16)6-9-2-4-10(7-13)5-3-9;3-2(4,5)1(6)7/h2-5H,6-8,13H2,1H3,(H,14,17)(H,15,16);(H,6,7). The van der Waals surface area contributed by atoms with Crippen molar-refractivity contribution in [2.45, 2.75) is 19.1 Å². The Morgan fingerprint density at radius 3 is 1.92 bits per heavy atom. The van der Waals surface area contributed by atoms with Crippen LogP contribution in [-0.4, -0.2) is 42.7 Å². The minimum absolute atomic E-state index is 0.0101. The number of hydrogen-bond acceptors (Lipinski definition) is 4. The van der Waals surface area contributed by atoms with Gasteiger partial charge in [0.25, 0.3) is 0 Å². The maximum Gasteiger partial charge on any atom is 0.490 e. The van der Waals surface area contributed by atoms with Gasteiger partial charge in [0.2, 0.25) is 11.8 Å². The summed E-state index contributed by atoms with van der Waals surface area (Å²) in [7, 11) is 1.53. The molecule has 7 nitrogen and oxygen atoms in total.